The second-order valence-corrected chi connectivity index (χ2v) is 21.2. The van der Waals surface area contributed by atoms with Crippen LogP contribution in [0.4, 0.5) is 8.78 Å². The molecule has 5 aromatic carbocycles. The molecule has 20 heteroatoms. The fourth-order valence-electron chi connectivity index (χ4n) is 8.99. The van der Waals surface area contributed by atoms with Crippen LogP contribution in [0.2, 0.25) is 0 Å². The summed E-state index contributed by atoms with van der Waals surface area (Å²) in [4.78, 5) is 42.0. The molecule has 77 heavy (non-hydrogen) atoms. The van der Waals surface area contributed by atoms with Gasteiger partial charge in [0.15, 0.2) is 17.1 Å². The first kappa shape index (κ1) is 59.6. The minimum atomic E-state index is -3.59. The largest absolute Gasteiger partial charge is 0.497 e. The number of para-hydroxylation sites is 2. The summed E-state index contributed by atoms with van der Waals surface area (Å²) in [7, 11) is -2.03. The summed E-state index contributed by atoms with van der Waals surface area (Å²) in [5.41, 5.74) is 17.5. The molecule has 6 N–H and O–H groups in total. The Morgan fingerprint density at radius 2 is 1.29 bits per heavy atom. The number of nitrogens with zero attached hydrogens (tertiary/aromatic N) is 4. The van der Waals surface area contributed by atoms with Crippen LogP contribution in [0.15, 0.2) is 118 Å². The van der Waals surface area contributed by atoms with Gasteiger partial charge in [0.1, 0.15) is 17.4 Å². The van der Waals surface area contributed by atoms with Crippen molar-refractivity contribution in [2.24, 2.45) is 11.5 Å². The number of aliphatic hydroxyl groups excluding tert-OH is 2. The van der Waals surface area contributed by atoms with Gasteiger partial charge in [-0.1, -0.05) is 75.4 Å². The van der Waals surface area contributed by atoms with Crippen LogP contribution < -0.4 is 31.4 Å². The zero-order valence-electron chi connectivity index (χ0n) is 44.2. The summed E-state index contributed by atoms with van der Waals surface area (Å²) in [5.74, 6) is -1.02. The molecule has 17 nitrogen and oxygen atoms in total. The lowest BCUT2D eigenvalue weighted by Crippen LogP contribution is -2.46. The number of ether oxygens (including phenoxy) is 3. The monoisotopic (exact) mass is 1090 g/mol. The standard InChI is InChI=1S/C29H31F2N3O4.C28H41N3O7S/c1-2-19-6-5-7-20(12-19)17-33(18-26(35)24(32)15-21-13-22(30)16-23(31)14-21)28(36)10-11-34-25-8-3-4-9-27(25)38-29(34)37;1-4-12-31(13-5-2)39(34,35)14-11-28(33)30(18-22-7-6-8-23(15-22)36-3)19-25(32)24(29)16-21-9-10-26-27(17-21)38-20-37-26/h3-9,12-14,16,24,26,35H,2,10-11,15,17-18,32H2,1H3;6-10,15,17,24-25,32H,4-5,11-14,16,18-20,29H2,1-3H3/t24-,26+;24-,25+/m00/s1. The molecule has 0 fully saturated rings. The van der Waals surface area contributed by atoms with Crippen molar-refractivity contribution < 1.29 is 55.6 Å². The van der Waals surface area contributed by atoms with E-state index in [4.69, 9.17) is 30.1 Å². The van der Waals surface area contributed by atoms with Crippen LogP contribution in [0.3, 0.4) is 0 Å². The van der Waals surface area contributed by atoms with Gasteiger partial charge < -0.3 is 50.1 Å². The van der Waals surface area contributed by atoms with E-state index in [1.807, 2.05) is 69.3 Å². The maximum atomic E-state index is 13.6. The van der Waals surface area contributed by atoms with E-state index in [0.29, 0.717) is 66.3 Å². The molecule has 0 aliphatic carbocycles. The number of oxazole rings is 1. The summed E-state index contributed by atoms with van der Waals surface area (Å²) in [6.45, 7) is 7.27. The first-order valence-electron chi connectivity index (χ1n) is 25.9. The van der Waals surface area contributed by atoms with Crippen molar-refractivity contribution in [3.63, 3.8) is 0 Å². The van der Waals surface area contributed by atoms with Crippen LogP contribution in [-0.2, 0) is 58.5 Å². The number of nitrogens with two attached hydrogens (primary N) is 2. The number of aryl methyl sites for hydroxylation is 2. The number of carbonyl (C=O) groups is 2. The number of rotatable bonds is 27. The molecular formula is C57H72F2N6O11S. The number of amides is 2. The number of fused-ring (bicyclic) bond motifs is 2. The Balaban J connectivity index is 0.000000250. The van der Waals surface area contributed by atoms with Crippen molar-refractivity contribution in [2.75, 3.05) is 45.8 Å². The van der Waals surface area contributed by atoms with Crippen molar-refractivity contribution in [1.29, 1.82) is 0 Å². The molecule has 0 spiro atoms. The van der Waals surface area contributed by atoms with Gasteiger partial charge in [-0.2, -0.15) is 0 Å². The second-order valence-electron chi connectivity index (χ2n) is 19.1. The van der Waals surface area contributed by atoms with Gasteiger partial charge in [0, 0.05) is 76.8 Å². The third-order valence-corrected chi connectivity index (χ3v) is 15.0. The maximum Gasteiger partial charge on any atom is 0.419 e. The number of benzene rings is 5. The van der Waals surface area contributed by atoms with E-state index < -0.39 is 51.7 Å². The van der Waals surface area contributed by atoms with E-state index >= 15 is 0 Å². The Morgan fingerprint density at radius 3 is 1.92 bits per heavy atom. The van der Waals surface area contributed by atoms with Gasteiger partial charge in [-0.05, 0) is 108 Å². The lowest BCUT2D eigenvalue weighted by molar-refractivity contribution is -0.134. The number of hydrogen-bond acceptors (Lipinski definition) is 13. The highest BCUT2D eigenvalue weighted by Gasteiger charge is 2.28. The van der Waals surface area contributed by atoms with E-state index in [-0.39, 0.29) is 76.3 Å². The summed E-state index contributed by atoms with van der Waals surface area (Å²) in [6.07, 6.45) is 0.209. The van der Waals surface area contributed by atoms with Gasteiger partial charge in [-0.15, -0.1) is 0 Å². The molecule has 0 saturated carbocycles. The molecule has 6 aromatic rings. The molecule has 7 rings (SSSR count). The van der Waals surface area contributed by atoms with Crippen LogP contribution in [0, 0.1) is 11.6 Å². The highest BCUT2D eigenvalue weighted by atomic mass is 32.2. The molecule has 0 bridgehead atoms. The molecular weight excluding hydrogens is 1010 g/mol. The number of carbonyl (C=O) groups excluding carboxylic acids is 2. The first-order chi connectivity index (χ1) is 36.9. The third-order valence-electron chi connectivity index (χ3n) is 13.1. The van der Waals surface area contributed by atoms with Crippen LogP contribution in [0.5, 0.6) is 17.2 Å². The van der Waals surface area contributed by atoms with E-state index in [0.717, 1.165) is 34.7 Å². The SMILES string of the molecule is CCCN(CCC)S(=O)(=O)CCC(=O)N(Cc1cccc(OC)c1)C[C@@H](O)[C@@H](N)Cc1ccc2c(c1)OCO2.CCc1cccc(CN(C[C@@H](O)[C@@H](N)Cc2cc(F)cc(F)c2)C(=O)CCn2c(=O)oc3ccccc32)c1. The topological polar surface area (TPSA) is 233 Å². The van der Waals surface area contributed by atoms with Crippen LogP contribution in [-0.4, -0.2) is 119 Å². The van der Waals surface area contributed by atoms with Crippen molar-refractivity contribution in [3.05, 3.63) is 159 Å². The molecule has 0 saturated heterocycles. The number of aromatic nitrogens is 1. The lowest BCUT2D eigenvalue weighted by atomic mass is 10.0. The number of sulfonamides is 1. The van der Waals surface area contributed by atoms with Crippen molar-refractivity contribution in [1.82, 2.24) is 18.7 Å². The second kappa shape index (κ2) is 28.6. The van der Waals surface area contributed by atoms with Gasteiger partial charge in [0.25, 0.3) is 0 Å². The van der Waals surface area contributed by atoms with Crippen molar-refractivity contribution >= 4 is 32.9 Å². The lowest BCUT2D eigenvalue weighted by Gasteiger charge is -2.29. The molecule has 1 aromatic heterocycles. The highest BCUT2D eigenvalue weighted by molar-refractivity contribution is 7.89. The van der Waals surface area contributed by atoms with Crippen molar-refractivity contribution in [3.8, 4) is 17.2 Å². The average Bonchev–Trinajstić information content (AvgIpc) is 4.02. The van der Waals surface area contributed by atoms with Gasteiger partial charge >= 0.3 is 5.76 Å². The molecule has 4 atom stereocenters. The number of hydrogen-bond donors (Lipinski definition) is 4. The van der Waals surface area contributed by atoms with Crippen LogP contribution in [0.25, 0.3) is 11.1 Å². The van der Waals surface area contributed by atoms with E-state index in [1.165, 1.54) is 30.8 Å². The summed E-state index contributed by atoms with van der Waals surface area (Å²) >= 11 is 0. The predicted molar refractivity (Wildman–Crippen MR) is 290 cm³/mol. The number of methoxy groups -OCH3 is 1. The van der Waals surface area contributed by atoms with Gasteiger partial charge in [-0.3, -0.25) is 14.2 Å². The number of aliphatic hydroxyl groups is 2. The minimum Gasteiger partial charge on any atom is -0.497 e. The fraction of sp³-hybridized carbons (Fsp3) is 0.421. The molecule has 2 amide bonds. The quantitative estimate of drug-likeness (QED) is 0.0444. The van der Waals surface area contributed by atoms with Gasteiger partial charge in [-0.25, -0.2) is 26.3 Å². The Hall–Kier alpha value is -6.68. The van der Waals surface area contributed by atoms with E-state index in [2.05, 4.69) is 0 Å². The molecule has 0 unspecified atom stereocenters. The molecule has 1 aliphatic heterocycles. The molecule has 1 aliphatic rings. The fourth-order valence-corrected chi connectivity index (χ4v) is 10.6. The third kappa shape index (κ3) is 17.4. The summed E-state index contributed by atoms with van der Waals surface area (Å²) in [5, 5.41) is 21.9. The highest BCUT2D eigenvalue weighted by Crippen LogP contribution is 2.33. The Labute approximate surface area is 449 Å². The Kier molecular flexibility index (Phi) is 22.1. The van der Waals surface area contributed by atoms with Crippen LogP contribution in [0.1, 0.15) is 74.3 Å². The Bertz CT molecular complexity index is 3040. The molecule has 416 valence electrons. The maximum absolute atomic E-state index is 13.6. The average molecular weight is 1090 g/mol. The van der Waals surface area contributed by atoms with E-state index in [9.17, 15) is 41.8 Å². The van der Waals surface area contributed by atoms with Gasteiger partial charge in [0.2, 0.25) is 28.6 Å². The zero-order valence-corrected chi connectivity index (χ0v) is 45.0. The normalized spacial score (nSPS) is 13.6. The first-order valence-corrected chi connectivity index (χ1v) is 27.5. The molecule has 2 heterocycles. The zero-order chi connectivity index (χ0) is 55.6. The van der Waals surface area contributed by atoms with Crippen LogP contribution >= 0.6 is 0 Å². The summed E-state index contributed by atoms with van der Waals surface area (Å²) in [6, 6.07) is 29.1. The minimum absolute atomic E-state index is 0.00598. The van der Waals surface area contributed by atoms with Crippen molar-refractivity contribution in [2.45, 2.75) is 110 Å². The Morgan fingerprint density at radius 1 is 0.701 bits per heavy atom. The van der Waals surface area contributed by atoms with Gasteiger partial charge in [0.05, 0.1) is 30.6 Å². The smallest absolute Gasteiger partial charge is 0.419 e. The van der Waals surface area contributed by atoms with E-state index in [1.54, 1.807) is 49.6 Å². The summed E-state index contributed by atoms with van der Waals surface area (Å²) < 4.78 is 77.3. The molecule has 0 radical (unpaired) electrons. The number of halogens is 2. The predicted octanol–water partition coefficient (Wildman–Crippen LogP) is 6.31.